The Balaban J connectivity index is 1.66. The molecule has 1 saturated heterocycles. The fourth-order valence-electron chi connectivity index (χ4n) is 3.76. The van der Waals surface area contributed by atoms with E-state index in [0.29, 0.717) is 25.5 Å². The molecule has 7 nitrogen and oxygen atoms in total. The smallest absolute Gasteiger partial charge is 0.246 e. The van der Waals surface area contributed by atoms with Gasteiger partial charge in [0, 0.05) is 45.3 Å². The largest absolute Gasteiger partial charge is 0.365 e. The average molecular weight is 426 g/mol. The number of piperidine rings is 1. The Morgan fingerprint density at radius 1 is 1.07 bits per heavy atom. The van der Waals surface area contributed by atoms with Gasteiger partial charge in [-0.25, -0.2) is 18.4 Å². The van der Waals surface area contributed by atoms with E-state index in [9.17, 15) is 8.42 Å². The van der Waals surface area contributed by atoms with Crippen molar-refractivity contribution in [2.75, 3.05) is 37.4 Å². The first-order valence-electron chi connectivity index (χ1n) is 10.2. The summed E-state index contributed by atoms with van der Waals surface area (Å²) in [4.78, 5) is 11.2. The lowest BCUT2D eigenvalue weighted by Gasteiger charge is -2.26. The van der Waals surface area contributed by atoms with Crippen LogP contribution in [0, 0.1) is 0 Å². The summed E-state index contributed by atoms with van der Waals surface area (Å²) in [6, 6.07) is 13.3. The van der Waals surface area contributed by atoms with Gasteiger partial charge < -0.3 is 10.2 Å². The molecular formula is C22H27N5O2S. The summed E-state index contributed by atoms with van der Waals surface area (Å²) in [6.45, 7) is 1.58. The first kappa shape index (κ1) is 20.6. The minimum Gasteiger partial charge on any atom is -0.365 e. The zero-order valence-corrected chi connectivity index (χ0v) is 18.2. The maximum atomic E-state index is 13.2. The van der Waals surface area contributed by atoms with E-state index in [-0.39, 0.29) is 4.90 Å². The molecule has 0 radical (unpaired) electrons. The second-order valence-corrected chi connectivity index (χ2v) is 9.63. The topological polar surface area (TPSA) is 78.4 Å². The molecule has 0 aliphatic carbocycles. The van der Waals surface area contributed by atoms with E-state index in [2.05, 4.69) is 15.3 Å². The van der Waals surface area contributed by atoms with Crippen LogP contribution in [0.15, 0.2) is 53.6 Å². The molecule has 0 saturated carbocycles. The van der Waals surface area contributed by atoms with Gasteiger partial charge in [-0.05, 0) is 42.7 Å². The van der Waals surface area contributed by atoms with Crippen molar-refractivity contribution in [2.45, 2.75) is 30.7 Å². The van der Waals surface area contributed by atoms with E-state index in [1.807, 2.05) is 49.3 Å². The first-order chi connectivity index (χ1) is 14.5. The Kier molecular flexibility index (Phi) is 5.87. The Bertz CT molecular complexity index is 1140. The van der Waals surface area contributed by atoms with E-state index >= 15 is 0 Å². The van der Waals surface area contributed by atoms with Crippen molar-refractivity contribution in [3.8, 4) is 0 Å². The standard InChI is InChI=1S/C22H27N5O2S/c1-26(2)21-15-17(18-9-4-5-10-19(18)25-21)16-24-22-20(11-8-12-23-22)30(28,29)27-13-6-3-7-14-27/h4-5,8-12,15H,3,6-7,13-14,16H2,1-2H3,(H,23,24). The number of fused-ring (bicyclic) bond motifs is 1. The van der Waals surface area contributed by atoms with Crippen LogP contribution in [0.5, 0.6) is 0 Å². The number of anilines is 2. The zero-order valence-electron chi connectivity index (χ0n) is 17.4. The van der Waals surface area contributed by atoms with Gasteiger partial charge in [0.2, 0.25) is 10.0 Å². The van der Waals surface area contributed by atoms with E-state index in [4.69, 9.17) is 0 Å². The van der Waals surface area contributed by atoms with Gasteiger partial charge in [-0.3, -0.25) is 0 Å². The number of nitrogens with one attached hydrogen (secondary N) is 1. The molecule has 0 atom stereocenters. The van der Waals surface area contributed by atoms with E-state index in [0.717, 1.165) is 41.5 Å². The predicted molar refractivity (Wildman–Crippen MR) is 120 cm³/mol. The minimum absolute atomic E-state index is 0.234. The van der Waals surface area contributed by atoms with Crippen LogP contribution in [0.4, 0.5) is 11.6 Å². The maximum Gasteiger partial charge on any atom is 0.246 e. The summed E-state index contributed by atoms with van der Waals surface area (Å²) in [6.07, 6.45) is 4.50. The normalized spacial score (nSPS) is 15.3. The highest BCUT2D eigenvalue weighted by Crippen LogP contribution is 2.27. The Morgan fingerprint density at radius 2 is 1.83 bits per heavy atom. The third-order valence-corrected chi connectivity index (χ3v) is 7.33. The van der Waals surface area contributed by atoms with Crippen molar-refractivity contribution in [3.63, 3.8) is 0 Å². The number of pyridine rings is 2. The molecule has 0 unspecified atom stereocenters. The highest BCUT2D eigenvalue weighted by Gasteiger charge is 2.28. The summed E-state index contributed by atoms with van der Waals surface area (Å²) in [5, 5.41) is 4.30. The van der Waals surface area contributed by atoms with Crippen molar-refractivity contribution in [3.05, 3.63) is 54.2 Å². The summed E-state index contributed by atoms with van der Waals surface area (Å²) >= 11 is 0. The van der Waals surface area contributed by atoms with Crippen LogP contribution >= 0.6 is 0 Å². The highest BCUT2D eigenvalue weighted by atomic mass is 32.2. The van der Waals surface area contributed by atoms with Crippen molar-refractivity contribution in [1.29, 1.82) is 0 Å². The number of aromatic nitrogens is 2. The molecular weight excluding hydrogens is 398 g/mol. The number of hydrogen-bond acceptors (Lipinski definition) is 6. The Hall–Kier alpha value is -2.71. The molecule has 0 spiro atoms. The molecule has 3 heterocycles. The van der Waals surface area contributed by atoms with Crippen LogP contribution in [-0.2, 0) is 16.6 Å². The molecule has 1 aromatic carbocycles. The van der Waals surface area contributed by atoms with Gasteiger partial charge in [-0.15, -0.1) is 0 Å². The molecule has 4 rings (SSSR count). The lowest BCUT2D eigenvalue weighted by molar-refractivity contribution is 0.346. The quantitative estimate of drug-likeness (QED) is 0.651. The van der Waals surface area contributed by atoms with Gasteiger partial charge in [0.25, 0.3) is 0 Å². The summed E-state index contributed by atoms with van der Waals surface area (Å²) in [7, 11) is 0.336. The predicted octanol–water partition coefficient (Wildman–Crippen LogP) is 3.48. The fourth-order valence-corrected chi connectivity index (χ4v) is 5.40. The SMILES string of the molecule is CN(C)c1cc(CNc2ncccc2S(=O)(=O)N2CCCCC2)c2ccccc2n1. The van der Waals surface area contributed by atoms with Gasteiger partial charge in [0.05, 0.1) is 5.52 Å². The van der Waals surface area contributed by atoms with E-state index < -0.39 is 10.0 Å². The van der Waals surface area contributed by atoms with Gasteiger partial charge in [-0.1, -0.05) is 24.6 Å². The molecule has 0 amide bonds. The number of sulfonamides is 1. The van der Waals surface area contributed by atoms with Crippen molar-refractivity contribution >= 4 is 32.6 Å². The number of nitrogens with zero attached hydrogens (tertiary/aromatic N) is 4. The molecule has 0 bridgehead atoms. The van der Waals surface area contributed by atoms with Crippen LogP contribution in [-0.4, -0.2) is 49.9 Å². The van der Waals surface area contributed by atoms with Crippen LogP contribution in [0.3, 0.4) is 0 Å². The Morgan fingerprint density at radius 3 is 2.60 bits per heavy atom. The number of rotatable bonds is 6. The molecule has 158 valence electrons. The molecule has 3 aromatic rings. The van der Waals surface area contributed by atoms with Gasteiger partial charge in [0.1, 0.15) is 16.5 Å². The lowest BCUT2D eigenvalue weighted by atomic mass is 10.1. The van der Waals surface area contributed by atoms with Crippen LogP contribution < -0.4 is 10.2 Å². The minimum atomic E-state index is -3.57. The summed E-state index contributed by atoms with van der Waals surface area (Å²) in [5.41, 5.74) is 1.94. The number of benzene rings is 1. The van der Waals surface area contributed by atoms with Crippen molar-refractivity contribution in [2.24, 2.45) is 0 Å². The molecule has 2 aromatic heterocycles. The maximum absolute atomic E-state index is 13.2. The summed E-state index contributed by atoms with van der Waals surface area (Å²) in [5.74, 6) is 1.24. The van der Waals surface area contributed by atoms with Gasteiger partial charge >= 0.3 is 0 Å². The lowest BCUT2D eigenvalue weighted by Crippen LogP contribution is -2.36. The Labute approximate surface area is 177 Å². The van der Waals surface area contributed by atoms with Gasteiger partial charge in [-0.2, -0.15) is 4.31 Å². The monoisotopic (exact) mass is 425 g/mol. The molecule has 1 aliphatic heterocycles. The molecule has 8 heteroatoms. The third kappa shape index (κ3) is 4.11. The van der Waals surface area contributed by atoms with Crippen molar-refractivity contribution < 1.29 is 8.42 Å². The van der Waals surface area contributed by atoms with Gasteiger partial charge in [0.15, 0.2) is 0 Å². The zero-order chi connectivity index (χ0) is 21.1. The first-order valence-corrected chi connectivity index (χ1v) is 11.7. The third-order valence-electron chi connectivity index (χ3n) is 5.40. The molecule has 1 fully saturated rings. The highest BCUT2D eigenvalue weighted by molar-refractivity contribution is 7.89. The summed E-state index contributed by atoms with van der Waals surface area (Å²) < 4.78 is 28.0. The number of hydrogen-bond donors (Lipinski definition) is 1. The van der Waals surface area contributed by atoms with E-state index in [1.54, 1.807) is 22.6 Å². The van der Waals surface area contributed by atoms with E-state index in [1.165, 1.54) is 0 Å². The molecule has 1 aliphatic rings. The number of para-hydroxylation sites is 1. The fraction of sp³-hybridized carbons (Fsp3) is 0.364. The second-order valence-electron chi connectivity index (χ2n) is 7.72. The van der Waals surface area contributed by atoms with Crippen LogP contribution in [0.2, 0.25) is 0 Å². The second kappa shape index (κ2) is 8.57. The average Bonchev–Trinajstić information content (AvgIpc) is 2.78. The molecule has 30 heavy (non-hydrogen) atoms. The molecule has 1 N–H and O–H groups in total. The van der Waals surface area contributed by atoms with Crippen molar-refractivity contribution in [1.82, 2.24) is 14.3 Å². The van der Waals surface area contributed by atoms with Crippen LogP contribution in [0.1, 0.15) is 24.8 Å². The van der Waals surface area contributed by atoms with Crippen LogP contribution in [0.25, 0.3) is 10.9 Å².